The van der Waals surface area contributed by atoms with Crippen molar-refractivity contribution in [2.75, 3.05) is 0 Å². The fourth-order valence-corrected chi connectivity index (χ4v) is 2.86. The molecule has 0 bridgehead atoms. The Morgan fingerprint density at radius 1 is 1.00 bits per heavy atom. The van der Waals surface area contributed by atoms with Crippen molar-refractivity contribution < 1.29 is 14.3 Å². The predicted octanol–water partition coefficient (Wildman–Crippen LogP) is 5.61. The molecule has 0 spiro atoms. The van der Waals surface area contributed by atoms with E-state index in [9.17, 15) is 4.79 Å². The molecular weight excluding hydrogens is 350 g/mol. The van der Waals surface area contributed by atoms with E-state index in [1.54, 1.807) is 12.1 Å². The summed E-state index contributed by atoms with van der Waals surface area (Å²) in [5.41, 5.74) is 1.86. The third-order valence-electron chi connectivity index (χ3n) is 4.00. The van der Waals surface area contributed by atoms with Crippen LogP contribution in [0, 0.1) is 11.3 Å². The number of carbonyl (C=O) groups is 1. The number of esters is 1. The molecule has 0 saturated carbocycles. The molecule has 0 aliphatic rings. The molecule has 0 aromatic heterocycles. The Kier molecular flexibility index (Phi) is 5.47. The predicted molar refractivity (Wildman–Crippen MR) is 110 cm³/mol. The summed E-state index contributed by atoms with van der Waals surface area (Å²) in [7, 11) is 0. The molecule has 0 radical (unpaired) electrons. The molecule has 0 unspecified atom stereocenters. The van der Waals surface area contributed by atoms with Gasteiger partial charge in [-0.25, -0.2) is 4.79 Å². The maximum atomic E-state index is 11.9. The van der Waals surface area contributed by atoms with Gasteiger partial charge >= 0.3 is 5.97 Å². The van der Waals surface area contributed by atoms with E-state index >= 15 is 0 Å². The van der Waals surface area contributed by atoms with E-state index in [4.69, 9.17) is 14.7 Å². The lowest BCUT2D eigenvalue weighted by molar-refractivity contribution is -0.148. The van der Waals surface area contributed by atoms with E-state index in [-0.39, 0.29) is 0 Å². The lowest BCUT2D eigenvalue weighted by Gasteiger charge is -2.18. The summed E-state index contributed by atoms with van der Waals surface area (Å²) in [5.74, 6) is 0.149. The molecule has 0 N–H and O–H groups in total. The first-order chi connectivity index (χ1) is 13.4. The molecule has 3 aromatic rings. The number of hydrogen-bond donors (Lipinski definition) is 0. The largest absolute Gasteiger partial charge is 0.464 e. The zero-order chi connectivity index (χ0) is 20.1. The smallest absolute Gasteiger partial charge is 0.334 e. The highest BCUT2D eigenvalue weighted by molar-refractivity contribution is 5.99. The van der Waals surface area contributed by atoms with Crippen molar-refractivity contribution in [3.05, 3.63) is 78.6 Å². The Bertz CT molecular complexity index is 1070. The Hall–Kier alpha value is -3.58. The van der Waals surface area contributed by atoms with Crippen LogP contribution in [0.4, 0.5) is 0 Å². The van der Waals surface area contributed by atoms with Gasteiger partial charge in [0, 0.05) is 5.56 Å². The van der Waals surface area contributed by atoms with Crippen molar-refractivity contribution in [3.8, 4) is 22.9 Å². The zero-order valence-electron chi connectivity index (χ0n) is 16.1. The maximum absolute atomic E-state index is 11.9. The molecule has 4 heteroatoms. The number of fused-ring (bicyclic) bond motifs is 1. The van der Waals surface area contributed by atoms with Crippen LogP contribution in [0.15, 0.2) is 73.0 Å². The van der Waals surface area contributed by atoms with E-state index in [0.717, 1.165) is 21.9 Å². The monoisotopic (exact) mass is 371 g/mol. The van der Waals surface area contributed by atoms with E-state index < -0.39 is 11.6 Å². The van der Waals surface area contributed by atoms with Crippen LogP contribution in [0.5, 0.6) is 5.75 Å². The van der Waals surface area contributed by atoms with Gasteiger partial charge in [-0.05, 0) is 55.3 Å². The Labute approximate surface area is 164 Å². The van der Waals surface area contributed by atoms with Gasteiger partial charge in [0.15, 0.2) is 0 Å². The van der Waals surface area contributed by atoms with Crippen molar-refractivity contribution in [2.24, 2.45) is 0 Å². The number of hydrogen-bond acceptors (Lipinski definition) is 4. The molecule has 4 nitrogen and oxygen atoms in total. The molecule has 0 fully saturated rings. The second-order valence-electron chi connectivity index (χ2n) is 7.30. The Morgan fingerprint density at radius 2 is 1.71 bits per heavy atom. The van der Waals surface area contributed by atoms with Gasteiger partial charge in [0.2, 0.25) is 0 Å². The summed E-state index contributed by atoms with van der Waals surface area (Å²) in [6.07, 6.45) is 2.61. The summed E-state index contributed by atoms with van der Waals surface area (Å²) in [6, 6.07) is 21.3. The van der Waals surface area contributed by atoms with E-state index in [0.29, 0.717) is 11.3 Å². The molecule has 0 aliphatic heterocycles. The summed E-state index contributed by atoms with van der Waals surface area (Å²) in [4.78, 5) is 11.9. The Balaban J connectivity index is 1.98. The minimum Gasteiger partial charge on any atom is -0.464 e. The lowest BCUT2D eigenvalue weighted by atomic mass is 9.96. The quantitative estimate of drug-likeness (QED) is 0.340. The first-order valence-corrected chi connectivity index (χ1v) is 8.96. The number of ether oxygens (including phenoxy) is 2. The van der Waals surface area contributed by atoms with Crippen LogP contribution in [-0.4, -0.2) is 11.6 Å². The molecule has 28 heavy (non-hydrogen) atoms. The van der Waals surface area contributed by atoms with Crippen LogP contribution in [0.25, 0.3) is 21.9 Å². The summed E-state index contributed by atoms with van der Waals surface area (Å²) >= 11 is 0. The summed E-state index contributed by atoms with van der Waals surface area (Å²) < 4.78 is 11.0. The third-order valence-corrected chi connectivity index (χ3v) is 4.00. The summed E-state index contributed by atoms with van der Waals surface area (Å²) in [6.45, 7) is 5.43. The molecule has 0 aliphatic carbocycles. The molecule has 0 heterocycles. The molecule has 3 aromatic carbocycles. The van der Waals surface area contributed by atoms with Crippen LogP contribution in [0.1, 0.15) is 26.3 Å². The van der Waals surface area contributed by atoms with Gasteiger partial charge in [-0.1, -0.05) is 42.5 Å². The van der Waals surface area contributed by atoms with Gasteiger partial charge in [-0.3, -0.25) is 0 Å². The zero-order valence-corrected chi connectivity index (χ0v) is 16.1. The van der Waals surface area contributed by atoms with Crippen LogP contribution < -0.4 is 4.74 Å². The summed E-state index contributed by atoms with van der Waals surface area (Å²) in [5, 5.41) is 11.1. The number of nitrogens with zero attached hydrogens (tertiary/aromatic N) is 1. The standard InChI is InChI=1S/C24H21NO3/c1-24(2,3)28-22(26)14-15-27-21-13-12-18-6-4-5-7-20(18)23(21)19-10-8-17(16-25)9-11-19/h4-15H,1-3H3/b15-14+. The molecule has 3 rings (SSSR count). The van der Waals surface area contributed by atoms with E-state index in [1.165, 1.54) is 12.3 Å². The van der Waals surface area contributed by atoms with Crippen LogP contribution in [-0.2, 0) is 9.53 Å². The number of benzene rings is 3. The average Bonchev–Trinajstić information content (AvgIpc) is 2.66. The first kappa shape index (κ1) is 19.2. The van der Waals surface area contributed by atoms with Gasteiger partial charge in [0.1, 0.15) is 11.4 Å². The fraction of sp³-hybridized carbons (Fsp3) is 0.167. The van der Waals surface area contributed by atoms with Gasteiger partial charge < -0.3 is 9.47 Å². The highest BCUT2D eigenvalue weighted by atomic mass is 16.6. The van der Waals surface area contributed by atoms with Crippen LogP contribution >= 0.6 is 0 Å². The van der Waals surface area contributed by atoms with Crippen LogP contribution in [0.3, 0.4) is 0 Å². The molecule has 0 amide bonds. The minimum atomic E-state index is -0.558. The maximum Gasteiger partial charge on any atom is 0.334 e. The van der Waals surface area contributed by atoms with Crippen LogP contribution in [0.2, 0.25) is 0 Å². The lowest BCUT2D eigenvalue weighted by Crippen LogP contribution is -2.22. The highest BCUT2D eigenvalue weighted by Crippen LogP contribution is 2.37. The number of rotatable bonds is 4. The van der Waals surface area contributed by atoms with Crippen molar-refractivity contribution in [2.45, 2.75) is 26.4 Å². The second-order valence-corrected chi connectivity index (χ2v) is 7.30. The number of nitriles is 1. The van der Waals surface area contributed by atoms with Crippen molar-refractivity contribution in [1.82, 2.24) is 0 Å². The minimum absolute atomic E-state index is 0.465. The van der Waals surface area contributed by atoms with Crippen molar-refractivity contribution in [1.29, 1.82) is 5.26 Å². The molecule has 140 valence electrons. The highest BCUT2D eigenvalue weighted by Gasteiger charge is 2.14. The number of carbonyl (C=O) groups excluding carboxylic acids is 1. The molecule has 0 saturated heterocycles. The first-order valence-electron chi connectivity index (χ1n) is 8.96. The van der Waals surface area contributed by atoms with Gasteiger partial charge in [0.05, 0.1) is 24.0 Å². The normalized spacial score (nSPS) is 11.4. The third kappa shape index (κ3) is 4.57. The molecular formula is C24H21NO3. The van der Waals surface area contributed by atoms with Crippen molar-refractivity contribution in [3.63, 3.8) is 0 Å². The van der Waals surface area contributed by atoms with Gasteiger partial charge in [0.25, 0.3) is 0 Å². The SMILES string of the molecule is CC(C)(C)OC(=O)/C=C/Oc1ccc2ccccc2c1-c1ccc(C#N)cc1. The van der Waals surface area contributed by atoms with E-state index in [1.807, 2.05) is 69.3 Å². The van der Waals surface area contributed by atoms with Gasteiger partial charge in [-0.15, -0.1) is 0 Å². The van der Waals surface area contributed by atoms with Gasteiger partial charge in [-0.2, -0.15) is 5.26 Å². The van der Waals surface area contributed by atoms with E-state index in [2.05, 4.69) is 6.07 Å². The topological polar surface area (TPSA) is 59.3 Å². The Morgan fingerprint density at radius 3 is 2.39 bits per heavy atom. The fourth-order valence-electron chi connectivity index (χ4n) is 2.86. The second kappa shape index (κ2) is 7.98. The molecule has 0 atom stereocenters. The average molecular weight is 371 g/mol. The van der Waals surface area contributed by atoms with Crippen molar-refractivity contribution >= 4 is 16.7 Å².